The van der Waals surface area contributed by atoms with Crippen molar-refractivity contribution in [3.63, 3.8) is 0 Å². The first-order chi connectivity index (χ1) is 8.59. The average Bonchev–Trinajstić information content (AvgIpc) is 2.35. The third-order valence-corrected chi connectivity index (χ3v) is 5.36. The molecule has 2 fully saturated rings. The zero-order valence-electron chi connectivity index (χ0n) is 11.2. The minimum Gasteiger partial charge on any atom is -0.355 e. The molecule has 0 saturated heterocycles. The average molecular weight is 248 g/mol. The molecule has 1 amide bonds. The topological polar surface area (TPSA) is 55.1 Å². The van der Waals surface area contributed by atoms with Gasteiger partial charge < -0.3 is 11.1 Å². The van der Waals surface area contributed by atoms with Crippen LogP contribution in [0.4, 0.5) is 0 Å². The molecule has 2 saturated carbocycles. The number of fused-ring (bicyclic) bond motifs is 2. The lowest BCUT2D eigenvalue weighted by molar-refractivity contribution is -0.129. The molecule has 3 nitrogen and oxygen atoms in total. The summed E-state index contributed by atoms with van der Waals surface area (Å²) in [5, 5.41) is 3.16. The summed E-state index contributed by atoms with van der Waals surface area (Å²) in [5.41, 5.74) is 6.59. The van der Waals surface area contributed by atoms with Gasteiger partial charge in [0.1, 0.15) is 0 Å². The number of carbonyl (C=O) groups is 1. The van der Waals surface area contributed by atoms with Gasteiger partial charge in [-0.3, -0.25) is 4.79 Å². The fourth-order valence-corrected chi connectivity index (χ4v) is 3.78. The van der Waals surface area contributed by atoms with Gasteiger partial charge in [0.2, 0.25) is 5.91 Å². The summed E-state index contributed by atoms with van der Waals surface area (Å²) in [6.07, 6.45) is 10.5. The van der Waals surface area contributed by atoms with Crippen molar-refractivity contribution in [3.8, 4) is 0 Å². The Morgan fingerprint density at radius 3 is 2.50 bits per heavy atom. The molecule has 4 aliphatic rings. The molecular formula is C15H24N2O. The molecule has 18 heavy (non-hydrogen) atoms. The van der Waals surface area contributed by atoms with Crippen molar-refractivity contribution < 1.29 is 4.79 Å². The maximum absolute atomic E-state index is 12.4. The maximum Gasteiger partial charge on any atom is 0.225 e. The molecule has 0 heterocycles. The van der Waals surface area contributed by atoms with Gasteiger partial charge in [0.05, 0.1) is 5.92 Å². The van der Waals surface area contributed by atoms with E-state index in [-0.39, 0.29) is 17.9 Å². The van der Waals surface area contributed by atoms with Crippen LogP contribution < -0.4 is 11.1 Å². The molecule has 3 heteroatoms. The van der Waals surface area contributed by atoms with Crippen LogP contribution in [0.2, 0.25) is 0 Å². The van der Waals surface area contributed by atoms with E-state index in [0.717, 1.165) is 19.4 Å². The Kier molecular flexibility index (Phi) is 2.97. The molecule has 0 aliphatic heterocycles. The molecule has 0 aromatic heterocycles. The quantitative estimate of drug-likeness (QED) is 0.749. The Labute approximate surface area is 109 Å². The summed E-state index contributed by atoms with van der Waals surface area (Å²) in [4.78, 5) is 12.4. The van der Waals surface area contributed by atoms with Crippen molar-refractivity contribution in [1.29, 1.82) is 0 Å². The number of carbonyl (C=O) groups excluding carboxylic acids is 1. The van der Waals surface area contributed by atoms with E-state index < -0.39 is 0 Å². The highest BCUT2D eigenvalue weighted by Gasteiger charge is 2.43. The molecule has 4 rings (SSSR count). The molecule has 100 valence electrons. The van der Waals surface area contributed by atoms with Crippen molar-refractivity contribution >= 4 is 5.91 Å². The molecule has 4 aliphatic carbocycles. The third kappa shape index (κ3) is 1.99. The molecule has 4 atom stereocenters. The lowest BCUT2D eigenvalue weighted by Crippen LogP contribution is -2.54. The standard InChI is InChI=1S/C15H24N2O/c1-15(7-2-8-15)9-17-14(18)12-10-3-5-11(6-4-10)13(12)16/h3,5,10-13H,2,4,6-9,16H2,1H3,(H,17,18). The Balaban J connectivity index is 1.60. The van der Waals surface area contributed by atoms with Crippen LogP contribution in [-0.4, -0.2) is 18.5 Å². The fourth-order valence-electron chi connectivity index (χ4n) is 3.78. The molecule has 0 aromatic rings. The first-order valence-corrected chi connectivity index (χ1v) is 7.31. The predicted octanol–water partition coefficient (Wildman–Crippen LogP) is 1.83. The van der Waals surface area contributed by atoms with Gasteiger partial charge in [0.25, 0.3) is 0 Å². The van der Waals surface area contributed by atoms with E-state index in [4.69, 9.17) is 5.73 Å². The molecule has 2 bridgehead atoms. The lowest BCUT2D eigenvalue weighted by Gasteiger charge is -2.43. The normalized spacial score (nSPS) is 40.3. The summed E-state index contributed by atoms with van der Waals surface area (Å²) in [6.45, 7) is 3.10. The van der Waals surface area contributed by atoms with E-state index >= 15 is 0 Å². The van der Waals surface area contributed by atoms with Gasteiger partial charge in [-0.1, -0.05) is 25.5 Å². The van der Waals surface area contributed by atoms with E-state index in [1.54, 1.807) is 0 Å². The summed E-state index contributed by atoms with van der Waals surface area (Å²) in [7, 11) is 0. The van der Waals surface area contributed by atoms with Crippen LogP contribution in [0.3, 0.4) is 0 Å². The minimum absolute atomic E-state index is 0.0115. The first kappa shape index (κ1) is 12.2. The van der Waals surface area contributed by atoms with Gasteiger partial charge >= 0.3 is 0 Å². The number of rotatable bonds is 3. The summed E-state index contributed by atoms with van der Waals surface area (Å²) >= 11 is 0. The Bertz CT molecular complexity index is 373. The van der Waals surface area contributed by atoms with Crippen LogP contribution in [0.5, 0.6) is 0 Å². The van der Waals surface area contributed by atoms with Gasteiger partial charge in [-0.05, 0) is 42.9 Å². The first-order valence-electron chi connectivity index (χ1n) is 7.31. The monoisotopic (exact) mass is 248 g/mol. The van der Waals surface area contributed by atoms with Gasteiger partial charge in [0.15, 0.2) is 0 Å². The SMILES string of the molecule is CC1(CNC(=O)C2C3C=CC(CC3)C2N)CCC1. The van der Waals surface area contributed by atoms with Crippen molar-refractivity contribution in [2.45, 2.75) is 45.1 Å². The van der Waals surface area contributed by atoms with E-state index in [9.17, 15) is 4.79 Å². The highest BCUT2D eigenvalue weighted by Crippen LogP contribution is 2.41. The Hall–Kier alpha value is -0.830. The zero-order valence-corrected chi connectivity index (χ0v) is 11.2. The number of allylic oxidation sites excluding steroid dienone is 1. The predicted molar refractivity (Wildman–Crippen MR) is 71.8 cm³/mol. The second-order valence-electron chi connectivity index (χ2n) is 6.78. The van der Waals surface area contributed by atoms with Gasteiger partial charge in [0, 0.05) is 12.6 Å². The Morgan fingerprint density at radius 1 is 1.33 bits per heavy atom. The van der Waals surface area contributed by atoms with Crippen LogP contribution in [-0.2, 0) is 4.79 Å². The molecule has 0 spiro atoms. The molecular weight excluding hydrogens is 224 g/mol. The molecule has 0 radical (unpaired) electrons. The Morgan fingerprint density at radius 2 is 2.00 bits per heavy atom. The van der Waals surface area contributed by atoms with Crippen LogP contribution in [0.15, 0.2) is 12.2 Å². The zero-order chi connectivity index (χ0) is 12.8. The van der Waals surface area contributed by atoms with Crippen LogP contribution in [0.1, 0.15) is 39.0 Å². The van der Waals surface area contributed by atoms with Gasteiger partial charge in [-0.2, -0.15) is 0 Å². The molecule has 0 aromatic carbocycles. The minimum atomic E-state index is 0.0115. The second kappa shape index (κ2) is 4.37. The highest BCUT2D eigenvalue weighted by molar-refractivity contribution is 5.80. The van der Waals surface area contributed by atoms with Gasteiger partial charge in [-0.25, -0.2) is 0 Å². The number of hydrogen-bond donors (Lipinski definition) is 2. The van der Waals surface area contributed by atoms with E-state index in [1.165, 1.54) is 19.3 Å². The van der Waals surface area contributed by atoms with Crippen molar-refractivity contribution in [2.75, 3.05) is 6.54 Å². The van der Waals surface area contributed by atoms with E-state index in [2.05, 4.69) is 24.4 Å². The summed E-state index contributed by atoms with van der Waals surface area (Å²) < 4.78 is 0. The molecule has 4 unspecified atom stereocenters. The highest BCUT2D eigenvalue weighted by atomic mass is 16.1. The van der Waals surface area contributed by atoms with Crippen LogP contribution in [0, 0.1) is 23.2 Å². The third-order valence-electron chi connectivity index (χ3n) is 5.36. The number of nitrogens with one attached hydrogen (secondary N) is 1. The largest absolute Gasteiger partial charge is 0.355 e. The van der Waals surface area contributed by atoms with E-state index in [0.29, 0.717) is 17.3 Å². The molecule has 3 N–H and O–H groups in total. The summed E-state index contributed by atoms with van der Waals surface area (Å²) in [5.74, 6) is 0.997. The van der Waals surface area contributed by atoms with Crippen molar-refractivity contribution in [2.24, 2.45) is 28.9 Å². The fraction of sp³-hybridized carbons (Fsp3) is 0.800. The van der Waals surface area contributed by atoms with E-state index in [1.807, 2.05) is 0 Å². The second-order valence-corrected chi connectivity index (χ2v) is 6.78. The van der Waals surface area contributed by atoms with Crippen LogP contribution >= 0.6 is 0 Å². The number of amides is 1. The summed E-state index contributed by atoms with van der Waals surface area (Å²) in [6, 6.07) is 0.0305. The smallest absolute Gasteiger partial charge is 0.225 e. The van der Waals surface area contributed by atoms with Gasteiger partial charge in [-0.15, -0.1) is 0 Å². The number of hydrogen-bond acceptors (Lipinski definition) is 2. The number of nitrogens with two attached hydrogens (primary N) is 1. The van der Waals surface area contributed by atoms with Crippen molar-refractivity contribution in [3.05, 3.63) is 12.2 Å². The van der Waals surface area contributed by atoms with Crippen molar-refractivity contribution in [1.82, 2.24) is 5.32 Å². The maximum atomic E-state index is 12.4. The van der Waals surface area contributed by atoms with Crippen LogP contribution in [0.25, 0.3) is 0 Å². The lowest BCUT2D eigenvalue weighted by atomic mass is 9.65.